The van der Waals surface area contributed by atoms with Gasteiger partial charge in [-0.2, -0.15) is 0 Å². The lowest BCUT2D eigenvalue weighted by molar-refractivity contribution is 0.0743. The molecule has 0 atom stereocenters. The number of benzene rings is 2. The van der Waals surface area contributed by atoms with Crippen molar-refractivity contribution in [2.24, 2.45) is 0 Å². The smallest absolute Gasteiger partial charge is 0.178 e. The van der Waals surface area contributed by atoms with Crippen molar-refractivity contribution in [2.75, 3.05) is 11.6 Å². The van der Waals surface area contributed by atoms with Crippen molar-refractivity contribution < 1.29 is 13.5 Å². The van der Waals surface area contributed by atoms with Gasteiger partial charge in [0, 0.05) is 17.6 Å². The molecule has 0 aliphatic carbocycles. The van der Waals surface area contributed by atoms with Crippen LogP contribution in [0.3, 0.4) is 0 Å². The van der Waals surface area contributed by atoms with E-state index in [-0.39, 0.29) is 5.75 Å². The Kier molecular flexibility index (Phi) is 8.44. The van der Waals surface area contributed by atoms with Crippen LogP contribution in [0.4, 0.5) is 0 Å². The number of allylic oxidation sites excluding steroid dienone is 5. The van der Waals surface area contributed by atoms with Crippen molar-refractivity contribution in [2.45, 2.75) is 31.3 Å². The van der Waals surface area contributed by atoms with E-state index in [9.17, 15) is 13.5 Å². The van der Waals surface area contributed by atoms with E-state index in [1.807, 2.05) is 30.3 Å². The maximum Gasteiger partial charge on any atom is 0.178 e. The standard InChI is InChI=1S/C27H28Cl2N2O3S/c1-5-35(33,34)23-10-8-9-22(17-23)20-12-14-21(15-13-20)26-30-25(27(3,4)32)18-31(26)19(2)24(29)11-6-7-16-28/h6-15,17-18,32H,2,5,16H2,1,3-4H3/b7-6-,24-11+. The van der Waals surface area contributed by atoms with Crippen molar-refractivity contribution in [3.63, 3.8) is 0 Å². The Morgan fingerprint density at radius 1 is 1.14 bits per heavy atom. The van der Waals surface area contributed by atoms with Gasteiger partial charge in [-0.05, 0) is 43.2 Å². The molecule has 0 aliphatic heterocycles. The summed E-state index contributed by atoms with van der Waals surface area (Å²) in [6, 6.07) is 14.5. The molecular formula is C27H28Cl2N2O3S. The van der Waals surface area contributed by atoms with Crippen LogP contribution >= 0.6 is 23.2 Å². The highest BCUT2D eigenvalue weighted by molar-refractivity contribution is 7.91. The summed E-state index contributed by atoms with van der Waals surface area (Å²) in [4.78, 5) is 4.96. The van der Waals surface area contributed by atoms with Crippen molar-refractivity contribution >= 4 is 38.7 Å². The average Bonchev–Trinajstić information content (AvgIpc) is 3.30. The van der Waals surface area contributed by atoms with Gasteiger partial charge >= 0.3 is 0 Å². The second-order valence-corrected chi connectivity index (χ2v) is 11.4. The van der Waals surface area contributed by atoms with Gasteiger partial charge in [0.25, 0.3) is 0 Å². The Morgan fingerprint density at radius 3 is 2.40 bits per heavy atom. The average molecular weight is 532 g/mol. The largest absolute Gasteiger partial charge is 0.384 e. The van der Waals surface area contributed by atoms with Gasteiger partial charge in [0.1, 0.15) is 11.4 Å². The molecule has 0 saturated heterocycles. The minimum Gasteiger partial charge on any atom is -0.384 e. The second kappa shape index (κ2) is 11.0. The van der Waals surface area contributed by atoms with E-state index in [4.69, 9.17) is 23.2 Å². The normalized spacial score (nSPS) is 12.9. The third-order valence-electron chi connectivity index (χ3n) is 5.42. The van der Waals surface area contributed by atoms with Crippen molar-refractivity contribution in [3.05, 3.63) is 90.3 Å². The molecule has 184 valence electrons. The lowest BCUT2D eigenvalue weighted by Crippen LogP contribution is -2.15. The van der Waals surface area contributed by atoms with Crippen LogP contribution in [0.2, 0.25) is 0 Å². The van der Waals surface area contributed by atoms with Crippen LogP contribution in [-0.4, -0.2) is 34.7 Å². The molecule has 2 aromatic carbocycles. The molecule has 1 aromatic heterocycles. The van der Waals surface area contributed by atoms with E-state index < -0.39 is 15.4 Å². The van der Waals surface area contributed by atoms with Crippen LogP contribution in [0.15, 0.2) is 89.5 Å². The van der Waals surface area contributed by atoms with Gasteiger partial charge in [0.15, 0.2) is 9.84 Å². The summed E-state index contributed by atoms with van der Waals surface area (Å²) in [5, 5.41) is 10.9. The van der Waals surface area contributed by atoms with Crippen LogP contribution in [0.1, 0.15) is 26.5 Å². The molecular weight excluding hydrogens is 503 g/mol. The molecule has 0 fully saturated rings. The van der Waals surface area contributed by atoms with Crippen molar-refractivity contribution in [3.8, 4) is 22.5 Å². The first-order chi connectivity index (χ1) is 16.5. The zero-order valence-corrected chi connectivity index (χ0v) is 22.2. The molecule has 8 heteroatoms. The summed E-state index contributed by atoms with van der Waals surface area (Å²) in [5.74, 6) is 0.977. The van der Waals surface area contributed by atoms with Crippen LogP contribution in [-0.2, 0) is 15.4 Å². The number of nitrogens with zero attached hydrogens (tertiary/aromatic N) is 2. The second-order valence-electron chi connectivity index (χ2n) is 8.43. The van der Waals surface area contributed by atoms with Gasteiger partial charge in [0.05, 0.1) is 27.1 Å². The number of halogens is 2. The SMILES string of the molecule is C=C(/C(Cl)=C\C=C/CCl)n1cc(C(C)(C)O)nc1-c1ccc(-c2cccc(S(=O)(=O)CC)c2)cc1. The highest BCUT2D eigenvalue weighted by Gasteiger charge is 2.24. The lowest BCUT2D eigenvalue weighted by atomic mass is 10.0. The summed E-state index contributed by atoms with van der Waals surface area (Å²) in [5.41, 5.74) is 2.24. The van der Waals surface area contributed by atoms with E-state index in [0.29, 0.717) is 33.0 Å². The first-order valence-electron chi connectivity index (χ1n) is 11.0. The molecule has 5 nitrogen and oxygen atoms in total. The molecule has 3 rings (SSSR count). The summed E-state index contributed by atoms with van der Waals surface area (Å²) in [7, 11) is -3.30. The maximum atomic E-state index is 12.3. The van der Waals surface area contributed by atoms with Gasteiger partial charge in [-0.15, -0.1) is 11.6 Å². The third kappa shape index (κ3) is 6.33. The zero-order chi connectivity index (χ0) is 25.8. The molecule has 0 radical (unpaired) electrons. The molecule has 0 bridgehead atoms. The fraction of sp³-hybridized carbons (Fsp3) is 0.222. The number of rotatable bonds is 9. The number of alkyl halides is 1. The molecule has 1 heterocycles. The molecule has 0 saturated carbocycles. The first-order valence-corrected chi connectivity index (χ1v) is 13.6. The number of sulfone groups is 1. The predicted octanol–water partition coefficient (Wildman–Crippen LogP) is 6.63. The Hall–Kier alpha value is -2.64. The molecule has 0 amide bonds. The number of aromatic nitrogens is 2. The van der Waals surface area contributed by atoms with Crippen molar-refractivity contribution in [1.82, 2.24) is 9.55 Å². The number of hydrogen-bond donors (Lipinski definition) is 1. The lowest BCUT2D eigenvalue weighted by Gasteiger charge is -2.13. The van der Waals surface area contributed by atoms with E-state index >= 15 is 0 Å². The van der Waals surface area contributed by atoms with Crippen LogP contribution < -0.4 is 0 Å². The molecule has 35 heavy (non-hydrogen) atoms. The van der Waals surface area contributed by atoms with Crippen molar-refractivity contribution in [1.29, 1.82) is 0 Å². The summed E-state index contributed by atoms with van der Waals surface area (Å²) < 4.78 is 26.3. The Morgan fingerprint density at radius 2 is 1.80 bits per heavy atom. The molecule has 1 N–H and O–H groups in total. The monoisotopic (exact) mass is 530 g/mol. The van der Waals surface area contributed by atoms with Gasteiger partial charge < -0.3 is 5.11 Å². The number of aliphatic hydroxyl groups is 1. The van der Waals surface area contributed by atoms with E-state index in [1.54, 1.807) is 68.0 Å². The summed E-state index contributed by atoms with van der Waals surface area (Å²) in [6.07, 6.45) is 6.91. The summed E-state index contributed by atoms with van der Waals surface area (Å²) in [6.45, 7) is 9.06. The van der Waals surface area contributed by atoms with Crippen LogP contribution in [0, 0.1) is 0 Å². The first kappa shape index (κ1) is 27.0. The quantitative estimate of drug-likeness (QED) is 0.249. The Bertz CT molecular complexity index is 1380. The molecule has 0 aliphatic rings. The van der Waals surface area contributed by atoms with Crippen LogP contribution in [0.25, 0.3) is 28.2 Å². The third-order valence-corrected chi connectivity index (χ3v) is 7.67. The van der Waals surface area contributed by atoms with Gasteiger partial charge in [-0.1, -0.05) is 73.7 Å². The van der Waals surface area contributed by atoms with E-state index in [2.05, 4.69) is 11.6 Å². The minimum atomic E-state index is -3.30. The van der Waals surface area contributed by atoms with E-state index in [1.165, 1.54) is 0 Å². The maximum absolute atomic E-state index is 12.3. The highest BCUT2D eigenvalue weighted by atomic mass is 35.5. The zero-order valence-electron chi connectivity index (χ0n) is 19.9. The summed E-state index contributed by atoms with van der Waals surface area (Å²) >= 11 is 12.1. The minimum absolute atomic E-state index is 0.0458. The van der Waals surface area contributed by atoms with Gasteiger partial charge in [0.2, 0.25) is 0 Å². The number of hydrogen-bond acceptors (Lipinski definition) is 4. The molecule has 0 unspecified atom stereocenters. The van der Waals surface area contributed by atoms with Gasteiger partial charge in [-0.25, -0.2) is 13.4 Å². The fourth-order valence-electron chi connectivity index (χ4n) is 3.35. The predicted molar refractivity (Wildman–Crippen MR) is 145 cm³/mol. The topological polar surface area (TPSA) is 72.2 Å². The fourth-order valence-corrected chi connectivity index (χ4v) is 4.54. The van der Waals surface area contributed by atoms with Crippen LogP contribution in [0.5, 0.6) is 0 Å². The highest BCUT2D eigenvalue weighted by Crippen LogP contribution is 2.32. The number of imidazole rings is 1. The Labute approximate surface area is 217 Å². The molecule has 0 spiro atoms. The van der Waals surface area contributed by atoms with Gasteiger partial charge in [-0.3, -0.25) is 4.57 Å². The Balaban J connectivity index is 2.04. The van der Waals surface area contributed by atoms with E-state index in [0.717, 1.165) is 16.7 Å². The molecule has 3 aromatic rings.